The van der Waals surface area contributed by atoms with E-state index in [1.54, 1.807) is 30.3 Å². The Bertz CT molecular complexity index is 605. The van der Waals surface area contributed by atoms with Gasteiger partial charge in [0.15, 0.2) is 0 Å². The second-order valence-electron chi connectivity index (χ2n) is 3.69. The molecule has 0 radical (unpaired) electrons. The molecule has 2 amide bonds. The van der Waals surface area contributed by atoms with Crippen LogP contribution in [0.4, 0.5) is 25.0 Å². The lowest BCUT2D eigenvalue weighted by Crippen LogP contribution is -2.20. The summed E-state index contributed by atoms with van der Waals surface area (Å²) in [7, 11) is 0. The van der Waals surface area contributed by atoms with Gasteiger partial charge in [-0.25, -0.2) is 13.6 Å². The summed E-state index contributed by atoms with van der Waals surface area (Å²) in [5.74, 6) is -1.38. The summed E-state index contributed by atoms with van der Waals surface area (Å²) in [4.78, 5) is 11.6. The van der Waals surface area contributed by atoms with E-state index in [1.807, 2.05) is 0 Å². The monoisotopic (exact) mass is 326 g/mol. The highest BCUT2D eigenvalue weighted by molar-refractivity contribution is 9.10. The molecule has 2 N–H and O–H groups in total. The molecule has 0 saturated heterocycles. The van der Waals surface area contributed by atoms with Crippen LogP contribution in [0.3, 0.4) is 0 Å². The van der Waals surface area contributed by atoms with E-state index < -0.39 is 17.7 Å². The predicted molar refractivity (Wildman–Crippen MR) is 73.1 cm³/mol. The van der Waals surface area contributed by atoms with Gasteiger partial charge in [-0.05, 0) is 34.1 Å². The molecule has 0 aliphatic rings. The average Bonchev–Trinajstić information content (AvgIpc) is 2.37. The minimum absolute atomic E-state index is 0.000910. The fraction of sp³-hybridized carbons (Fsp3) is 0. The maximum atomic E-state index is 13.5. The van der Waals surface area contributed by atoms with E-state index in [-0.39, 0.29) is 10.2 Å². The normalized spacial score (nSPS) is 10.1. The molecular weight excluding hydrogens is 318 g/mol. The molecule has 2 aromatic carbocycles. The topological polar surface area (TPSA) is 41.1 Å². The van der Waals surface area contributed by atoms with Crippen molar-refractivity contribution in [1.29, 1.82) is 0 Å². The quantitative estimate of drug-likeness (QED) is 0.790. The van der Waals surface area contributed by atoms with Crippen LogP contribution >= 0.6 is 15.9 Å². The van der Waals surface area contributed by atoms with Gasteiger partial charge in [0.05, 0.1) is 10.2 Å². The molecule has 2 aromatic rings. The number of benzene rings is 2. The van der Waals surface area contributed by atoms with Crippen molar-refractivity contribution in [2.24, 2.45) is 0 Å². The molecule has 0 bridgehead atoms. The number of urea groups is 1. The molecule has 0 aromatic heterocycles. The van der Waals surface area contributed by atoms with Crippen LogP contribution in [0.1, 0.15) is 0 Å². The zero-order chi connectivity index (χ0) is 13.8. The van der Waals surface area contributed by atoms with Crippen LogP contribution in [-0.2, 0) is 0 Å². The lowest BCUT2D eigenvalue weighted by molar-refractivity contribution is 0.262. The minimum Gasteiger partial charge on any atom is -0.308 e. The lowest BCUT2D eigenvalue weighted by atomic mass is 10.3. The van der Waals surface area contributed by atoms with Gasteiger partial charge in [0.25, 0.3) is 0 Å². The number of hydrogen-bond acceptors (Lipinski definition) is 1. The Labute approximate surface area is 116 Å². The van der Waals surface area contributed by atoms with Gasteiger partial charge in [-0.15, -0.1) is 0 Å². The number of rotatable bonds is 2. The van der Waals surface area contributed by atoms with Crippen LogP contribution in [0.5, 0.6) is 0 Å². The fourth-order valence-electron chi connectivity index (χ4n) is 1.42. The molecule has 0 unspecified atom stereocenters. The highest BCUT2D eigenvalue weighted by Gasteiger charge is 2.11. The van der Waals surface area contributed by atoms with Gasteiger partial charge in [-0.3, -0.25) is 0 Å². The fourth-order valence-corrected chi connectivity index (χ4v) is 1.74. The van der Waals surface area contributed by atoms with E-state index >= 15 is 0 Å². The summed E-state index contributed by atoms with van der Waals surface area (Å²) in [6.45, 7) is 0. The molecule has 0 atom stereocenters. The number of carbonyl (C=O) groups is 1. The van der Waals surface area contributed by atoms with Gasteiger partial charge in [-0.1, -0.05) is 18.2 Å². The van der Waals surface area contributed by atoms with Crippen molar-refractivity contribution in [2.45, 2.75) is 0 Å². The first-order valence-corrected chi connectivity index (χ1v) is 6.13. The number of halogens is 3. The molecule has 0 saturated carbocycles. The zero-order valence-corrected chi connectivity index (χ0v) is 11.2. The van der Waals surface area contributed by atoms with Crippen LogP contribution in [0.25, 0.3) is 0 Å². The van der Waals surface area contributed by atoms with E-state index in [2.05, 4.69) is 26.6 Å². The predicted octanol–water partition coefficient (Wildman–Crippen LogP) is 4.37. The van der Waals surface area contributed by atoms with Gasteiger partial charge in [0.2, 0.25) is 0 Å². The Kier molecular flexibility index (Phi) is 4.11. The lowest BCUT2D eigenvalue weighted by Gasteiger charge is -2.09. The summed E-state index contributed by atoms with van der Waals surface area (Å²) in [5.41, 5.74) is 0.326. The molecule has 2 rings (SSSR count). The molecule has 0 aliphatic carbocycles. The van der Waals surface area contributed by atoms with Crippen LogP contribution < -0.4 is 10.6 Å². The Hall–Kier alpha value is -1.95. The van der Waals surface area contributed by atoms with Crippen LogP contribution in [-0.4, -0.2) is 6.03 Å². The van der Waals surface area contributed by atoms with Gasteiger partial charge in [-0.2, -0.15) is 0 Å². The molecule has 19 heavy (non-hydrogen) atoms. The molecule has 6 heteroatoms. The van der Waals surface area contributed by atoms with Crippen molar-refractivity contribution in [1.82, 2.24) is 0 Å². The van der Waals surface area contributed by atoms with Gasteiger partial charge >= 0.3 is 6.03 Å². The average molecular weight is 327 g/mol. The Morgan fingerprint density at radius 2 is 1.68 bits per heavy atom. The molecule has 0 aliphatic heterocycles. The number of anilines is 2. The summed E-state index contributed by atoms with van der Waals surface area (Å²) in [6, 6.07) is 9.86. The van der Waals surface area contributed by atoms with Gasteiger partial charge in [0, 0.05) is 11.8 Å². The Balaban J connectivity index is 2.09. The SMILES string of the molecule is O=C(Nc1ccccc1)Nc1cc(F)c(Br)cc1F. The van der Waals surface area contributed by atoms with E-state index in [0.29, 0.717) is 5.69 Å². The van der Waals surface area contributed by atoms with E-state index in [4.69, 9.17) is 0 Å². The van der Waals surface area contributed by atoms with Gasteiger partial charge in [0.1, 0.15) is 11.6 Å². The zero-order valence-electron chi connectivity index (χ0n) is 9.58. The Morgan fingerprint density at radius 3 is 2.37 bits per heavy atom. The molecular formula is C13H9BrF2N2O. The summed E-state index contributed by atoms with van der Waals surface area (Å²) >= 11 is 2.86. The largest absolute Gasteiger partial charge is 0.323 e. The standard InChI is InChI=1S/C13H9BrF2N2O/c14-9-6-11(16)12(7-10(9)15)18-13(19)17-8-4-2-1-3-5-8/h1-7H,(H2,17,18,19). The molecule has 3 nitrogen and oxygen atoms in total. The third kappa shape index (κ3) is 3.51. The first kappa shape index (κ1) is 13.5. The first-order valence-electron chi connectivity index (χ1n) is 5.34. The number of amides is 2. The second kappa shape index (κ2) is 5.79. The van der Waals surface area contributed by atoms with Crippen molar-refractivity contribution in [3.05, 3.63) is 58.6 Å². The third-order valence-electron chi connectivity index (χ3n) is 2.29. The van der Waals surface area contributed by atoms with Crippen LogP contribution in [0, 0.1) is 11.6 Å². The maximum absolute atomic E-state index is 13.5. The summed E-state index contributed by atoms with van der Waals surface area (Å²) in [5, 5.41) is 4.74. The number of para-hydroxylation sites is 1. The van der Waals surface area contributed by atoms with Crippen molar-refractivity contribution < 1.29 is 13.6 Å². The van der Waals surface area contributed by atoms with E-state index in [1.165, 1.54) is 0 Å². The Morgan fingerprint density at radius 1 is 1.00 bits per heavy atom. The maximum Gasteiger partial charge on any atom is 0.323 e. The van der Waals surface area contributed by atoms with Crippen LogP contribution in [0.15, 0.2) is 46.9 Å². The summed E-state index contributed by atoms with van der Waals surface area (Å²) in [6.07, 6.45) is 0. The number of carbonyl (C=O) groups excluding carboxylic acids is 1. The molecule has 98 valence electrons. The molecule has 0 heterocycles. The first-order chi connectivity index (χ1) is 9.06. The number of nitrogens with one attached hydrogen (secondary N) is 2. The van der Waals surface area contributed by atoms with E-state index in [9.17, 15) is 13.6 Å². The van der Waals surface area contributed by atoms with E-state index in [0.717, 1.165) is 12.1 Å². The molecule has 0 fully saturated rings. The van der Waals surface area contributed by atoms with Crippen LogP contribution in [0.2, 0.25) is 0 Å². The van der Waals surface area contributed by atoms with Gasteiger partial charge < -0.3 is 10.6 Å². The smallest absolute Gasteiger partial charge is 0.308 e. The molecule has 0 spiro atoms. The van der Waals surface area contributed by atoms with Crippen molar-refractivity contribution in [3.63, 3.8) is 0 Å². The number of hydrogen-bond donors (Lipinski definition) is 2. The van der Waals surface area contributed by atoms with Crippen molar-refractivity contribution in [2.75, 3.05) is 10.6 Å². The highest BCUT2D eigenvalue weighted by Crippen LogP contribution is 2.23. The van der Waals surface area contributed by atoms with Crippen molar-refractivity contribution in [3.8, 4) is 0 Å². The van der Waals surface area contributed by atoms with Crippen molar-refractivity contribution >= 4 is 33.3 Å². The third-order valence-corrected chi connectivity index (χ3v) is 2.90. The minimum atomic E-state index is -0.725. The highest BCUT2D eigenvalue weighted by atomic mass is 79.9. The summed E-state index contributed by atoms with van der Waals surface area (Å²) < 4.78 is 26.7. The second-order valence-corrected chi connectivity index (χ2v) is 4.55.